The Morgan fingerprint density at radius 2 is 1.91 bits per heavy atom. The van der Waals surface area contributed by atoms with Crippen molar-refractivity contribution in [2.24, 2.45) is 0 Å². The molecule has 0 spiro atoms. The van der Waals surface area contributed by atoms with Gasteiger partial charge in [-0.05, 0) is 57.0 Å². The number of hydrogen-bond acceptors (Lipinski definition) is 6. The van der Waals surface area contributed by atoms with Gasteiger partial charge in [-0.3, -0.25) is 9.59 Å². The number of halogens is 1. The van der Waals surface area contributed by atoms with Gasteiger partial charge in [0.2, 0.25) is 0 Å². The van der Waals surface area contributed by atoms with Crippen molar-refractivity contribution in [2.45, 2.75) is 39.3 Å². The number of carbonyl (C=O) groups is 2. The van der Waals surface area contributed by atoms with Gasteiger partial charge in [0.15, 0.2) is 11.5 Å². The van der Waals surface area contributed by atoms with Crippen LogP contribution in [-0.4, -0.2) is 54.7 Å². The first-order valence-corrected chi connectivity index (χ1v) is 11.6. The predicted molar refractivity (Wildman–Crippen MR) is 130 cm³/mol. The summed E-state index contributed by atoms with van der Waals surface area (Å²) in [5.41, 5.74) is 0.985. The molecule has 1 aliphatic heterocycles. The van der Waals surface area contributed by atoms with Crippen LogP contribution in [0.25, 0.3) is 5.76 Å². The van der Waals surface area contributed by atoms with Crippen molar-refractivity contribution in [1.29, 1.82) is 0 Å². The molecule has 3 rings (SSSR count). The highest BCUT2D eigenvalue weighted by Gasteiger charge is 2.46. The van der Waals surface area contributed by atoms with Crippen LogP contribution >= 0.6 is 11.6 Å². The minimum Gasteiger partial charge on any atom is -0.507 e. The Morgan fingerprint density at radius 1 is 1.15 bits per heavy atom. The van der Waals surface area contributed by atoms with Crippen LogP contribution in [0.1, 0.15) is 44.4 Å². The molecule has 0 bridgehead atoms. The lowest BCUT2D eigenvalue weighted by atomic mass is 9.95. The number of ketones is 1. The summed E-state index contributed by atoms with van der Waals surface area (Å²) in [6, 6.07) is 11.0. The highest BCUT2D eigenvalue weighted by atomic mass is 35.5. The molecule has 2 aromatic rings. The topological polar surface area (TPSA) is 85.3 Å². The zero-order valence-corrected chi connectivity index (χ0v) is 20.6. The van der Waals surface area contributed by atoms with E-state index in [0.717, 1.165) is 0 Å². The molecule has 1 aliphatic rings. The van der Waals surface area contributed by atoms with Gasteiger partial charge in [-0.15, -0.1) is 0 Å². The van der Waals surface area contributed by atoms with Crippen LogP contribution in [0, 0.1) is 0 Å². The molecule has 1 saturated heterocycles. The maximum Gasteiger partial charge on any atom is 0.295 e. The molecule has 1 N–H and O–H groups in total. The van der Waals surface area contributed by atoms with Gasteiger partial charge in [-0.25, -0.2) is 0 Å². The Hall–Kier alpha value is -3.03. The van der Waals surface area contributed by atoms with Crippen LogP contribution in [0.5, 0.6) is 11.5 Å². The zero-order chi connectivity index (χ0) is 24.8. The number of ether oxygens (including phenoxy) is 3. The quantitative estimate of drug-likeness (QED) is 0.220. The van der Waals surface area contributed by atoms with Gasteiger partial charge in [-0.1, -0.05) is 29.8 Å². The van der Waals surface area contributed by atoms with E-state index in [1.54, 1.807) is 42.5 Å². The third-order valence-electron chi connectivity index (χ3n) is 5.44. The Morgan fingerprint density at radius 3 is 2.56 bits per heavy atom. The first-order chi connectivity index (χ1) is 16.3. The number of benzene rings is 2. The molecule has 7 nitrogen and oxygen atoms in total. The molecule has 2 aromatic carbocycles. The molecule has 34 heavy (non-hydrogen) atoms. The predicted octanol–water partition coefficient (Wildman–Crippen LogP) is 4.98. The van der Waals surface area contributed by atoms with Crippen LogP contribution in [0.15, 0.2) is 48.0 Å². The average molecular weight is 488 g/mol. The second kappa shape index (κ2) is 11.4. The fraction of sp³-hybridized carbons (Fsp3) is 0.385. The van der Waals surface area contributed by atoms with Gasteiger partial charge in [0, 0.05) is 23.7 Å². The summed E-state index contributed by atoms with van der Waals surface area (Å²) in [7, 11) is 1.54. The van der Waals surface area contributed by atoms with E-state index in [1.165, 1.54) is 12.0 Å². The SMILES string of the molecule is CCOc1cc(C2/C(=C(/O)c3cccc(Cl)c3)C(=O)C(=O)N2CCCOC(C)C)ccc1OC. The molecule has 182 valence electrons. The number of rotatable bonds is 10. The Kier molecular flexibility index (Phi) is 8.58. The molecule has 1 fully saturated rings. The van der Waals surface area contributed by atoms with Crippen LogP contribution in [0.4, 0.5) is 0 Å². The summed E-state index contributed by atoms with van der Waals surface area (Å²) in [6.07, 6.45) is 0.595. The summed E-state index contributed by atoms with van der Waals surface area (Å²) >= 11 is 6.10. The molecule has 1 unspecified atom stereocenters. The number of likely N-dealkylation sites (tertiary alicyclic amines) is 1. The average Bonchev–Trinajstić information content (AvgIpc) is 3.06. The first kappa shape index (κ1) is 25.6. The van der Waals surface area contributed by atoms with E-state index in [9.17, 15) is 14.7 Å². The van der Waals surface area contributed by atoms with Crippen LogP contribution in [0.3, 0.4) is 0 Å². The molecular formula is C26H30ClNO6. The zero-order valence-electron chi connectivity index (χ0n) is 19.8. The maximum atomic E-state index is 13.1. The smallest absolute Gasteiger partial charge is 0.295 e. The minimum atomic E-state index is -0.803. The highest BCUT2D eigenvalue weighted by molar-refractivity contribution is 6.46. The summed E-state index contributed by atoms with van der Waals surface area (Å²) in [5.74, 6) is -0.685. The summed E-state index contributed by atoms with van der Waals surface area (Å²) in [5, 5.41) is 11.5. The van der Waals surface area contributed by atoms with Gasteiger partial charge in [0.05, 0.1) is 31.4 Å². The van der Waals surface area contributed by atoms with Crippen LogP contribution in [0.2, 0.25) is 5.02 Å². The lowest BCUT2D eigenvalue weighted by Crippen LogP contribution is -2.31. The van der Waals surface area contributed by atoms with Gasteiger partial charge < -0.3 is 24.2 Å². The lowest BCUT2D eigenvalue weighted by Gasteiger charge is -2.26. The Bertz CT molecular complexity index is 1080. The summed E-state index contributed by atoms with van der Waals surface area (Å²) < 4.78 is 16.7. The van der Waals surface area contributed by atoms with E-state index in [2.05, 4.69) is 0 Å². The van der Waals surface area contributed by atoms with Gasteiger partial charge >= 0.3 is 0 Å². The van der Waals surface area contributed by atoms with E-state index in [-0.39, 0.29) is 24.0 Å². The van der Waals surface area contributed by atoms with Crippen molar-refractivity contribution in [3.8, 4) is 11.5 Å². The standard InChI is InChI=1S/C26H30ClNO6/c1-5-33-21-15-17(10-11-20(21)32-4)23-22(24(29)18-8-6-9-19(27)14-18)25(30)26(31)28(23)12-7-13-34-16(2)3/h6,8-11,14-16,23,29H,5,7,12-13H2,1-4H3/b24-22-. The molecule has 0 saturated carbocycles. The Labute approximate surface area is 204 Å². The number of methoxy groups -OCH3 is 1. The third kappa shape index (κ3) is 5.54. The largest absolute Gasteiger partial charge is 0.507 e. The fourth-order valence-electron chi connectivity index (χ4n) is 3.93. The van der Waals surface area contributed by atoms with Crippen molar-refractivity contribution in [3.63, 3.8) is 0 Å². The van der Waals surface area contributed by atoms with Crippen molar-refractivity contribution in [1.82, 2.24) is 4.90 Å². The number of amides is 1. The monoisotopic (exact) mass is 487 g/mol. The third-order valence-corrected chi connectivity index (χ3v) is 5.67. The second-order valence-electron chi connectivity index (χ2n) is 8.12. The van der Waals surface area contributed by atoms with Crippen LogP contribution < -0.4 is 9.47 Å². The fourth-order valence-corrected chi connectivity index (χ4v) is 4.12. The number of nitrogens with zero attached hydrogens (tertiary/aromatic N) is 1. The van der Waals surface area contributed by atoms with E-state index in [0.29, 0.717) is 47.3 Å². The molecule has 1 amide bonds. The van der Waals surface area contributed by atoms with Crippen LogP contribution in [-0.2, 0) is 14.3 Å². The molecule has 8 heteroatoms. The van der Waals surface area contributed by atoms with Crippen molar-refractivity contribution < 1.29 is 28.9 Å². The number of hydrogen-bond donors (Lipinski definition) is 1. The van der Waals surface area contributed by atoms with Gasteiger partial charge in [-0.2, -0.15) is 0 Å². The number of carbonyl (C=O) groups excluding carboxylic acids is 2. The molecule has 0 radical (unpaired) electrons. The number of Topliss-reactive ketones (excluding diaryl/α,β-unsaturated/α-hetero) is 1. The highest BCUT2D eigenvalue weighted by Crippen LogP contribution is 2.42. The molecule has 0 aromatic heterocycles. The number of aliphatic hydroxyl groups excluding tert-OH is 1. The molecule has 0 aliphatic carbocycles. The van der Waals surface area contributed by atoms with Gasteiger partial charge in [0.25, 0.3) is 11.7 Å². The molecule has 1 atom stereocenters. The van der Waals surface area contributed by atoms with E-state index in [1.807, 2.05) is 20.8 Å². The first-order valence-electron chi connectivity index (χ1n) is 11.2. The van der Waals surface area contributed by atoms with E-state index < -0.39 is 17.7 Å². The molecular weight excluding hydrogens is 458 g/mol. The maximum absolute atomic E-state index is 13.1. The van der Waals surface area contributed by atoms with Crippen molar-refractivity contribution >= 4 is 29.1 Å². The summed E-state index contributed by atoms with van der Waals surface area (Å²) in [4.78, 5) is 27.7. The Balaban J connectivity index is 2.10. The van der Waals surface area contributed by atoms with Gasteiger partial charge in [0.1, 0.15) is 5.76 Å². The molecule has 1 heterocycles. The van der Waals surface area contributed by atoms with Crippen molar-refractivity contribution in [2.75, 3.05) is 26.9 Å². The second-order valence-corrected chi connectivity index (χ2v) is 8.56. The van der Waals surface area contributed by atoms with E-state index >= 15 is 0 Å². The number of aliphatic hydroxyl groups is 1. The summed E-state index contributed by atoms with van der Waals surface area (Å²) in [6.45, 7) is 6.85. The lowest BCUT2D eigenvalue weighted by molar-refractivity contribution is -0.140. The normalized spacial score (nSPS) is 17.5. The minimum absolute atomic E-state index is 0.00431. The van der Waals surface area contributed by atoms with E-state index in [4.69, 9.17) is 25.8 Å². The van der Waals surface area contributed by atoms with Crippen molar-refractivity contribution in [3.05, 3.63) is 64.2 Å².